The van der Waals surface area contributed by atoms with Gasteiger partial charge in [0.15, 0.2) is 0 Å². The van der Waals surface area contributed by atoms with Crippen LogP contribution in [0.1, 0.15) is 65.2 Å². The standard InChI is InChI=1S/C20H32O2/c1-13-11-20-10-7-15-18(2,12-21)8-4-9-19(15,3)16(20)6-5-14(13)17(20)22/h14-17,21-22H,1,4-12H2,2-3H3/t14-,15-,16+,17?,18-,19-,20+/m1/s1. The summed E-state index contributed by atoms with van der Waals surface area (Å²) in [5.41, 5.74) is 1.81. The van der Waals surface area contributed by atoms with E-state index in [4.69, 9.17) is 0 Å². The first kappa shape index (κ1) is 15.2. The van der Waals surface area contributed by atoms with Gasteiger partial charge in [0, 0.05) is 17.9 Å². The molecule has 0 radical (unpaired) electrons. The molecule has 4 fully saturated rings. The van der Waals surface area contributed by atoms with Gasteiger partial charge in [0.25, 0.3) is 0 Å². The lowest BCUT2D eigenvalue weighted by molar-refractivity contribution is -0.191. The Morgan fingerprint density at radius 3 is 2.59 bits per heavy atom. The summed E-state index contributed by atoms with van der Waals surface area (Å²) in [6, 6.07) is 0. The van der Waals surface area contributed by atoms with Gasteiger partial charge >= 0.3 is 0 Å². The molecule has 0 saturated heterocycles. The molecule has 2 bridgehead atoms. The monoisotopic (exact) mass is 304 g/mol. The number of hydrogen-bond donors (Lipinski definition) is 2. The van der Waals surface area contributed by atoms with Crippen molar-refractivity contribution in [1.29, 1.82) is 0 Å². The maximum Gasteiger partial charge on any atom is 0.0667 e. The fourth-order valence-corrected chi connectivity index (χ4v) is 7.72. The highest BCUT2D eigenvalue weighted by atomic mass is 16.3. The van der Waals surface area contributed by atoms with E-state index in [0.29, 0.717) is 29.8 Å². The Morgan fingerprint density at radius 1 is 1.09 bits per heavy atom. The molecular weight excluding hydrogens is 272 g/mol. The summed E-state index contributed by atoms with van der Waals surface area (Å²) in [5, 5.41) is 21.1. The average molecular weight is 304 g/mol. The minimum Gasteiger partial charge on any atom is -0.396 e. The Hall–Kier alpha value is -0.340. The lowest BCUT2D eigenvalue weighted by atomic mass is 9.40. The molecular formula is C20H32O2. The van der Waals surface area contributed by atoms with E-state index in [1.165, 1.54) is 37.7 Å². The Bertz CT molecular complexity index is 500. The second-order valence-electron chi connectivity index (χ2n) is 9.51. The summed E-state index contributed by atoms with van der Waals surface area (Å²) >= 11 is 0. The molecule has 0 aromatic carbocycles. The SMILES string of the molecule is C=C1C[C@@]23CC[C@@H]4[C@@](C)(CO)CCC[C@@]4(C)[C@@H]2CC[C@H]1C3O. The van der Waals surface area contributed by atoms with Gasteiger partial charge in [-0.15, -0.1) is 0 Å². The molecule has 1 spiro atoms. The van der Waals surface area contributed by atoms with E-state index in [1.54, 1.807) is 0 Å². The molecule has 124 valence electrons. The molecule has 7 atom stereocenters. The van der Waals surface area contributed by atoms with Gasteiger partial charge in [-0.25, -0.2) is 0 Å². The third kappa shape index (κ3) is 1.64. The molecule has 0 aromatic rings. The molecule has 0 heterocycles. The Kier molecular flexibility index (Phi) is 3.18. The molecule has 4 saturated carbocycles. The zero-order valence-electron chi connectivity index (χ0n) is 14.3. The van der Waals surface area contributed by atoms with Crippen molar-refractivity contribution in [3.8, 4) is 0 Å². The number of aliphatic hydroxyl groups is 2. The molecule has 0 aliphatic heterocycles. The number of fused-ring (bicyclic) bond motifs is 3. The van der Waals surface area contributed by atoms with Crippen molar-refractivity contribution in [2.75, 3.05) is 6.61 Å². The second kappa shape index (κ2) is 4.60. The van der Waals surface area contributed by atoms with E-state index in [1.807, 2.05) is 0 Å². The van der Waals surface area contributed by atoms with Crippen LogP contribution in [0.25, 0.3) is 0 Å². The predicted molar refractivity (Wildman–Crippen MR) is 88.3 cm³/mol. The van der Waals surface area contributed by atoms with Gasteiger partial charge in [-0.2, -0.15) is 0 Å². The van der Waals surface area contributed by atoms with Crippen LogP contribution in [0.3, 0.4) is 0 Å². The van der Waals surface area contributed by atoms with Crippen LogP contribution in [-0.4, -0.2) is 22.9 Å². The van der Waals surface area contributed by atoms with Crippen LogP contribution in [0.2, 0.25) is 0 Å². The van der Waals surface area contributed by atoms with Crippen LogP contribution in [0, 0.1) is 34.0 Å². The largest absolute Gasteiger partial charge is 0.396 e. The van der Waals surface area contributed by atoms with E-state index in [-0.39, 0.29) is 16.9 Å². The molecule has 0 amide bonds. The zero-order valence-corrected chi connectivity index (χ0v) is 14.3. The van der Waals surface area contributed by atoms with Crippen molar-refractivity contribution in [2.24, 2.45) is 34.0 Å². The Labute approximate surface area is 135 Å². The first-order valence-corrected chi connectivity index (χ1v) is 9.34. The third-order valence-corrected chi connectivity index (χ3v) is 8.67. The van der Waals surface area contributed by atoms with Crippen LogP contribution >= 0.6 is 0 Å². The fourth-order valence-electron chi connectivity index (χ4n) is 7.72. The highest BCUT2D eigenvalue weighted by Gasteiger charge is 2.66. The zero-order chi connectivity index (χ0) is 15.8. The van der Waals surface area contributed by atoms with E-state index in [9.17, 15) is 10.2 Å². The minimum atomic E-state index is -0.154. The summed E-state index contributed by atoms with van der Waals surface area (Å²) in [7, 11) is 0. The topological polar surface area (TPSA) is 40.5 Å². The lowest BCUT2D eigenvalue weighted by Crippen LogP contribution is -2.60. The van der Waals surface area contributed by atoms with E-state index < -0.39 is 0 Å². The number of hydrogen-bond acceptors (Lipinski definition) is 2. The van der Waals surface area contributed by atoms with Gasteiger partial charge in [0.1, 0.15) is 0 Å². The summed E-state index contributed by atoms with van der Waals surface area (Å²) in [5.74, 6) is 1.60. The van der Waals surface area contributed by atoms with Crippen LogP contribution in [0.15, 0.2) is 12.2 Å². The first-order valence-electron chi connectivity index (χ1n) is 9.34. The van der Waals surface area contributed by atoms with Gasteiger partial charge in [-0.05, 0) is 67.6 Å². The van der Waals surface area contributed by atoms with Crippen molar-refractivity contribution >= 4 is 0 Å². The van der Waals surface area contributed by atoms with E-state index >= 15 is 0 Å². The van der Waals surface area contributed by atoms with Crippen LogP contribution in [-0.2, 0) is 0 Å². The smallest absolute Gasteiger partial charge is 0.0667 e. The molecule has 4 rings (SSSR count). The normalized spacial score (nSPS) is 57.4. The number of rotatable bonds is 1. The highest BCUT2D eigenvalue weighted by molar-refractivity contribution is 5.25. The van der Waals surface area contributed by atoms with Crippen LogP contribution in [0.4, 0.5) is 0 Å². The quantitative estimate of drug-likeness (QED) is 0.721. The van der Waals surface area contributed by atoms with Crippen molar-refractivity contribution in [2.45, 2.75) is 71.3 Å². The molecule has 2 nitrogen and oxygen atoms in total. The lowest BCUT2D eigenvalue weighted by Gasteiger charge is -2.65. The van der Waals surface area contributed by atoms with E-state index in [2.05, 4.69) is 20.4 Å². The van der Waals surface area contributed by atoms with Gasteiger partial charge in [-0.1, -0.05) is 32.4 Å². The maximum atomic E-state index is 11.0. The maximum absolute atomic E-state index is 11.0. The van der Waals surface area contributed by atoms with Gasteiger partial charge < -0.3 is 10.2 Å². The molecule has 4 aliphatic carbocycles. The second-order valence-corrected chi connectivity index (χ2v) is 9.51. The summed E-state index contributed by atoms with van der Waals surface area (Å²) < 4.78 is 0. The Balaban J connectivity index is 1.76. The predicted octanol–water partition coefficient (Wildman–Crippen LogP) is 3.92. The fraction of sp³-hybridized carbons (Fsp3) is 0.900. The molecule has 0 aromatic heterocycles. The van der Waals surface area contributed by atoms with Gasteiger partial charge in [0.05, 0.1) is 6.10 Å². The summed E-state index contributed by atoms with van der Waals surface area (Å²) in [4.78, 5) is 0. The molecule has 4 aliphatic rings. The highest BCUT2D eigenvalue weighted by Crippen LogP contribution is 2.71. The molecule has 1 unspecified atom stereocenters. The third-order valence-electron chi connectivity index (χ3n) is 8.67. The summed E-state index contributed by atoms with van der Waals surface area (Å²) in [6.45, 7) is 9.43. The Morgan fingerprint density at radius 2 is 1.86 bits per heavy atom. The first-order chi connectivity index (χ1) is 10.4. The summed E-state index contributed by atoms with van der Waals surface area (Å²) in [6.07, 6.45) is 9.30. The number of aliphatic hydroxyl groups excluding tert-OH is 2. The molecule has 2 N–H and O–H groups in total. The van der Waals surface area contributed by atoms with E-state index in [0.717, 1.165) is 19.3 Å². The molecule has 2 heteroatoms. The molecule has 22 heavy (non-hydrogen) atoms. The van der Waals surface area contributed by atoms with Crippen LogP contribution < -0.4 is 0 Å². The van der Waals surface area contributed by atoms with Crippen molar-refractivity contribution in [3.05, 3.63) is 12.2 Å². The average Bonchev–Trinajstić information content (AvgIpc) is 2.62. The van der Waals surface area contributed by atoms with Gasteiger partial charge in [-0.3, -0.25) is 0 Å². The van der Waals surface area contributed by atoms with Crippen molar-refractivity contribution in [3.63, 3.8) is 0 Å². The van der Waals surface area contributed by atoms with Crippen LogP contribution in [0.5, 0.6) is 0 Å². The van der Waals surface area contributed by atoms with Crippen molar-refractivity contribution in [1.82, 2.24) is 0 Å². The van der Waals surface area contributed by atoms with Crippen molar-refractivity contribution < 1.29 is 10.2 Å². The van der Waals surface area contributed by atoms with Gasteiger partial charge in [0.2, 0.25) is 0 Å². The minimum absolute atomic E-state index is 0.0893.